The fraction of sp³-hybridized carbons (Fsp3) is 0.650. The highest BCUT2D eigenvalue weighted by atomic mass is 16.5. The quantitative estimate of drug-likeness (QED) is 0.792. The van der Waals surface area contributed by atoms with Gasteiger partial charge in [0, 0.05) is 18.2 Å². The van der Waals surface area contributed by atoms with Gasteiger partial charge in [-0.25, -0.2) is 4.98 Å². The summed E-state index contributed by atoms with van der Waals surface area (Å²) in [6, 6.07) is 2.13. The zero-order chi connectivity index (χ0) is 19.6. The highest BCUT2D eigenvalue weighted by molar-refractivity contribution is 5.98. The molecule has 1 saturated carbocycles. The Balaban J connectivity index is 1.72. The van der Waals surface area contributed by atoms with E-state index in [-0.39, 0.29) is 24.5 Å². The summed E-state index contributed by atoms with van der Waals surface area (Å²) in [7, 11) is 1.55. The number of hydrogen-bond acceptors (Lipinski definition) is 5. The van der Waals surface area contributed by atoms with E-state index in [4.69, 9.17) is 9.47 Å². The van der Waals surface area contributed by atoms with Crippen LogP contribution in [-0.2, 0) is 22.6 Å². The number of aromatic nitrogens is 1. The molecule has 0 spiro atoms. The van der Waals surface area contributed by atoms with E-state index in [0.717, 1.165) is 18.5 Å². The van der Waals surface area contributed by atoms with E-state index < -0.39 is 6.10 Å². The molecule has 1 aliphatic heterocycles. The van der Waals surface area contributed by atoms with Crippen LogP contribution in [0.4, 0.5) is 0 Å². The molecule has 7 heteroatoms. The topological polar surface area (TPSA) is 80.8 Å². The average molecular weight is 375 g/mol. The first-order valence-corrected chi connectivity index (χ1v) is 9.71. The van der Waals surface area contributed by atoms with Gasteiger partial charge in [-0.3, -0.25) is 9.59 Å². The maximum absolute atomic E-state index is 12.8. The molecule has 2 amide bonds. The third-order valence-electron chi connectivity index (χ3n) is 5.21. The van der Waals surface area contributed by atoms with Crippen molar-refractivity contribution < 1.29 is 19.1 Å². The maximum atomic E-state index is 12.8. The number of amides is 2. The van der Waals surface area contributed by atoms with E-state index in [1.54, 1.807) is 14.0 Å². The summed E-state index contributed by atoms with van der Waals surface area (Å²) in [5.41, 5.74) is 2.08. The van der Waals surface area contributed by atoms with Crippen LogP contribution in [0.25, 0.3) is 0 Å². The maximum Gasteiger partial charge on any atom is 0.256 e. The highest BCUT2D eigenvalue weighted by Gasteiger charge is 2.36. The van der Waals surface area contributed by atoms with Crippen LogP contribution < -0.4 is 10.1 Å². The molecule has 2 heterocycles. The lowest BCUT2D eigenvalue weighted by atomic mass is 10.1. The number of carbonyl (C=O) groups excluding carboxylic acids is 2. The molecule has 1 aliphatic carbocycles. The Morgan fingerprint density at radius 3 is 2.67 bits per heavy atom. The lowest BCUT2D eigenvalue weighted by Crippen LogP contribution is -2.35. The van der Waals surface area contributed by atoms with Crippen LogP contribution in [0.2, 0.25) is 0 Å². The number of rotatable bonds is 7. The summed E-state index contributed by atoms with van der Waals surface area (Å²) in [5, 5.41) is 2.84. The Morgan fingerprint density at radius 1 is 1.33 bits per heavy atom. The summed E-state index contributed by atoms with van der Waals surface area (Å²) in [4.78, 5) is 31.5. The van der Waals surface area contributed by atoms with Gasteiger partial charge >= 0.3 is 0 Å². The van der Waals surface area contributed by atoms with E-state index in [1.807, 2.05) is 24.8 Å². The Hall–Kier alpha value is -2.15. The van der Waals surface area contributed by atoms with Crippen molar-refractivity contribution in [1.82, 2.24) is 15.2 Å². The minimum Gasteiger partial charge on any atom is -0.481 e. The van der Waals surface area contributed by atoms with Crippen LogP contribution in [0.1, 0.15) is 68.1 Å². The Morgan fingerprint density at radius 2 is 2.04 bits per heavy atom. The van der Waals surface area contributed by atoms with Crippen LogP contribution in [0.15, 0.2) is 6.07 Å². The molecule has 0 unspecified atom stereocenters. The lowest BCUT2D eigenvalue weighted by Gasteiger charge is -2.22. The first-order valence-electron chi connectivity index (χ1n) is 9.71. The van der Waals surface area contributed by atoms with Gasteiger partial charge in [-0.15, -0.1) is 0 Å². The number of nitrogens with one attached hydrogen (secondary N) is 1. The van der Waals surface area contributed by atoms with Crippen LogP contribution in [-0.4, -0.2) is 47.1 Å². The fourth-order valence-corrected chi connectivity index (χ4v) is 3.88. The number of methoxy groups -OCH3 is 1. The van der Waals surface area contributed by atoms with Gasteiger partial charge < -0.3 is 19.7 Å². The van der Waals surface area contributed by atoms with Gasteiger partial charge in [0.05, 0.1) is 31.0 Å². The third-order valence-corrected chi connectivity index (χ3v) is 5.21. The van der Waals surface area contributed by atoms with Gasteiger partial charge in [-0.05, 0) is 39.7 Å². The van der Waals surface area contributed by atoms with Crippen LogP contribution >= 0.6 is 0 Å². The summed E-state index contributed by atoms with van der Waals surface area (Å²) in [5.74, 6) is 0.286. The van der Waals surface area contributed by atoms with Gasteiger partial charge in [-0.1, -0.05) is 12.8 Å². The van der Waals surface area contributed by atoms with Gasteiger partial charge in [0.25, 0.3) is 5.91 Å². The number of nitrogens with zero attached hydrogens (tertiary/aromatic N) is 2. The SMILES string of the molecule is COc1nc2c(cc1CNC(=O)[C@H](C)OC(C)C)C(=O)N(C1CCCC1)C2. The van der Waals surface area contributed by atoms with E-state index in [2.05, 4.69) is 10.3 Å². The summed E-state index contributed by atoms with van der Waals surface area (Å²) in [6.45, 7) is 6.28. The Bertz CT molecular complexity index is 713. The van der Waals surface area contributed by atoms with Crippen molar-refractivity contribution in [1.29, 1.82) is 0 Å². The molecule has 3 rings (SSSR count). The molecule has 2 aliphatic rings. The normalized spacial score (nSPS) is 18.1. The predicted octanol–water partition coefficient (Wildman–Crippen LogP) is 2.42. The third kappa shape index (κ3) is 4.24. The van der Waals surface area contributed by atoms with Crippen molar-refractivity contribution in [3.8, 4) is 5.88 Å². The van der Waals surface area contributed by atoms with E-state index in [0.29, 0.717) is 29.6 Å². The van der Waals surface area contributed by atoms with E-state index >= 15 is 0 Å². The van der Waals surface area contributed by atoms with Crippen molar-refractivity contribution in [2.24, 2.45) is 0 Å². The zero-order valence-corrected chi connectivity index (χ0v) is 16.6. The summed E-state index contributed by atoms with van der Waals surface area (Å²) >= 11 is 0. The molecule has 148 valence electrons. The minimum atomic E-state index is -0.544. The molecule has 1 atom stereocenters. The Labute approximate surface area is 160 Å². The second-order valence-corrected chi connectivity index (χ2v) is 7.57. The number of fused-ring (bicyclic) bond motifs is 1. The van der Waals surface area contributed by atoms with Crippen LogP contribution in [0, 0.1) is 0 Å². The molecule has 0 aromatic carbocycles. The first kappa shape index (κ1) is 19.6. The molecule has 1 fully saturated rings. The number of carbonyl (C=O) groups is 2. The molecule has 7 nitrogen and oxygen atoms in total. The van der Waals surface area contributed by atoms with Crippen molar-refractivity contribution in [2.75, 3.05) is 7.11 Å². The Kier molecular flexibility index (Phi) is 5.99. The monoisotopic (exact) mass is 375 g/mol. The molecule has 0 bridgehead atoms. The zero-order valence-electron chi connectivity index (χ0n) is 16.6. The first-order chi connectivity index (χ1) is 12.9. The molecule has 1 aromatic heterocycles. The predicted molar refractivity (Wildman–Crippen MR) is 100 cm³/mol. The van der Waals surface area contributed by atoms with Crippen LogP contribution in [0.3, 0.4) is 0 Å². The molecule has 27 heavy (non-hydrogen) atoms. The second-order valence-electron chi connectivity index (χ2n) is 7.57. The number of pyridine rings is 1. The van der Waals surface area contributed by atoms with Gasteiger partial charge in [0.15, 0.2) is 0 Å². The summed E-state index contributed by atoms with van der Waals surface area (Å²) < 4.78 is 10.9. The number of ether oxygens (including phenoxy) is 2. The molecule has 1 aromatic rings. The molecule has 0 saturated heterocycles. The average Bonchev–Trinajstić information content (AvgIpc) is 3.26. The van der Waals surface area contributed by atoms with E-state index in [9.17, 15) is 9.59 Å². The standard InChI is InChI=1S/C20H29N3O4/c1-12(2)27-13(3)18(24)21-10-14-9-16-17(22-19(14)26-4)11-23(20(16)25)15-7-5-6-8-15/h9,12-13,15H,5-8,10-11H2,1-4H3,(H,21,24)/t13-/m0/s1. The molecular weight excluding hydrogens is 346 g/mol. The van der Waals surface area contributed by atoms with Gasteiger partial charge in [0.1, 0.15) is 6.10 Å². The van der Waals surface area contributed by atoms with E-state index in [1.165, 1.54) is 12.8 Å². The highest BCUT2D eigenvalue weighted by Crippen LogP contribution is 2.33. The smallest absolute Gasteiger partial charge is 0.256 e. The second kappa shape index (κ2) is 8.25. The van der Waals surface area contributed by atoms with Crippen LogP contribution in [0.5, 0.6) is 5.88 Å². The largest absolute Gasteiger partial charge is 0.481 e. The van der Waals surface area contributed by atoms with Gasteiger partial charge in [-0.2, -0.15) is 0 Å². The molecule has 1 N–H and O–H groups in total. The summed E-state index contributed by atoms with van der Waals surface area (Å²) in [6.07, 6.45) is 3.91. The fourth-order valence-electron chi connectivity index (χ4n) is 3.88. The minimum absolute atomic E-state index is 0.0267. The number of hydrogen-bond donors (Lipinski definition) is 1. The molecule has 0 radical (unpaired) electrons. The van der Waals surface area contributed by atoms with Gasteiger partial charge in [0.2, 0.25) is 11.8 Å². The lowest BCUT2D eigenvalue weighted by molar-refractivity contribution is -0.134. The van der Waals surface area contributed by atoms with Crippen molar-refractivity contribution in [2.45, 2.75) is 77.8 Å². The van der Waals surface area contributed by atoms with Crippen molar-refractivity contribution in [3.05, 3.63) is 22.9 Å². The van der Waals surface area contributed by atoms with Crippen molar-refractivity contribution >= 4 is 11.8 Å². The van der Waals surface area contributed by atoms with Crippen molar-refractivity contribution in [3.63, 3.8) is 0 Å². The molecular formula is C20H29N3O4.